The van der Waals surface area contributed by atoms with Crippen molar-refractivity contribution in [3.63, 3.8) is 0 Å². The van der Waals surface area contributed by atoms with E-state index in [9.17, 15) is 0 Å². The molecule has 0 radical (unpaired) electrons. The lowest BCUT2D eigenvalue weighted by atomic mass is 10.5. The smallest absolute Gasteiger partial charge is 0.149 e. The van der Waals surface area contributed by atoms with Gasteiger partial charge in [0.2, 0.25) is 0 Å². The number of nitrogens with one attached hydrogen (secondary N) is 1. The zero-order chi connectivity index (χ0) is 5.21. The van der Waals surface area contributed by atoms with Crippen molar-refractivity contribution in [1.82, 2.24) is 0 Å². The average molecular weight is 126 g/mol. The Morgan fingerprint density at radius 3 is 1.83 bits per heavy atom. The Hall–Kier alpha value is 0.250. The van der Waals surface area contributed by atoms with Crippen molar-refractivity contribution >= 4 is 29.4 Å². The third kappa shape index (κ3) is 4.25. The molecule has 0 bridgehead atoms. The van der Waals surface area contributed by atoms with Gasteiger partial charge in [0.05, 0.1) is 0 Å². The van der Waals surface area contributed by atoms with Crippen LogP contribution in [0.2, 0.25) is 0 Å². The molecule has 0 aromatic rings. The highest BCUT2D eigenvalue weighted by molar-refractivity contribution is 6.55. The summed E-state index contributed by atoms with van der Waals surface area (Å²) < 4.78 is -0.972. The molecule has 6 heavy (non-hydrogen) atoms. The van der Waals surface area contributed by atoms with Crippen LogP contribution in [-0.2, 0) is 0 Å². The van der Waals surface area contributed by atoms with Crippen molar-refractivity contribution < 1.29 is 0 Å². The number of rotatable bonds is 1. The Morgan fingerprint density at radius 2 is 1.83 bits per heavy atom. The summed E-state index contributed by atoms with van der Waals surface area (Å²) in [6.07, 6.45) is 0.968. The van der Waals surface area contributed by atoms with Crippen LogP contribution in [0.5, 0.6) is 0 Å². The van der Waals surface area contributed by atoms with Crippen LogP contribution in [0.4, 0.5) is 0 Å². The van der Waals surface area contributed by atoms with Crippen molar-refractivity contribution in [1.29, 1.82) is 5.41 Å². The van der Waals surface area contributed by atoms with E-state index in [4.69, 9.17) is 28.6 Å². The van der Waals surface area contributed by atoms with E-state index in [-0.39, 0.29) is 0 Å². The summed E-state index contributed by atoms with van der Waals surface area (Å²) in [6.45, 7) is 1.53. The monoisotopic (exact) mass is 125 g/mol. The summed E-state index contributed by atoms with van der Waals surface area (Å²) in [4.78, 5) is 0. The molecule has 0 spiro atoms. The van der Waals surface area contributed by atoms with Gasteiger partial charge in [-0.15, -0.1) is 0 Å². The third-order valence-electron chi connectivity index (χ3n) is 0.253. The largest absolute Gasteiger partial charge is 0.310 e. The summed E-state index contributed by atoms with van der Waals surface area (Å²) in [5.41, 5.74) is 0. The molecule has 0 saturated heterocycles. The highest BCUT2D eigenvalue weighted by Crippen LogP contribution is 2.14. The van der Waals surface area contributed by atoms with Crippen LogP contribution in [0.15, 0.2) is 0 Å². The van der Waals surface area contributed by atoms with Crippen molar-refractivity contribution in [3.05, 3.63) is 0 Å². The van der Waals surface area contributed by atoms with Gasteiger partial charge in [-0.05, 0) is 6.92 Å². The highest BCUT2D eigenvalue weighted by Gasteiger charge is 2.09. The zero-order valence-corrected chi connectivity index (χ0v) is 4.85. The molecule has 0 rings (SSSR count). The van der Waals surface area contributed by atoms with Gasteiger partial charge in [0, 0.05) is 6.21 Å². The SMILES string of the molecule is CC(Cl)(Cl)C=N. The maximum absolute atomic E-state index is 6.47. The minimum atomic E-state index is -0.972. The molecule has 0 aliphatic rings. The van der Waals surface area contributed by atoms with Crippen molar-refractivity contribution in [3.8, 4) is 0 Å². The molecular formula is C3H5Cl2N. The molecule has 1 nitrogen and oxygen atoms in total. The Kier molecular flexibility index (Phi) is 1.88. The molecule has 1 N–H and O–H groups in total. The first kappa shape index (κ1) is 6.25. The fraction of sp³-hybridized carbons (Fsp3) is 0.667. The molecule has 0 aliphatic heterocycles. The van der Waals surface area contributed by atoms with E-state index < -0.39 is 4.33 Å². The first-order valence-corrected chi connectivity index (χ1v) is 2.21. The van der Waals surface area contributed by atoms with E-state index in [1.807, 2.05) is 0 Å². The van der Waals surface area contributed by atoms with Crippen LogP contribution in [0.1, 0.15) is 6.92 Å². The molecule has 0 unspecified atom stereocenters. The lowest BCUT2D eigenvalue weighted by Gasteiger charge is -1.99. The van der Waals surface area contributed by atoms with Gasteiger partial charge in [-0.1, -0.05) is 23.2 Å². The third-order valence-corrected chi connectivity index (χ3v) is 0.472. The topological polar surface area (TPSA) is 23.9 Å². The maximum Gasteiger partial charge on any atom is 0.149 e. The molecular weight excluding hydrogens is 121 g/mol. The number of hydrogen-bond donors (Lipinski definition) is 1. The van der Waals surface area contributed by atoms with Crippen LogP contribution < -0.4 is 0 Å². The van der Waals surface area contributed by atoms with E-state index in [1.54, 1.807) is 0 Å². The van der Waals surface area contributed by atoms with Crippen LogP contribution in [0.3, 0.4) is 0 Å². The summed E-state index contributed by atoms with van der Waals surface area (Å²) in [7, 11) is 0. The zero-order valence-electron chi connectivity index (χ0n) is 3.33. The molecule has 0 atom stereocenters. The summed E-state index contributed by atoms with van der Waals surface area (Å²) >= 11 is 10.5. The molecule has 0 aromatic heterocycles. The van der Waals surface area contributed by atoms with E-state index in [0.717, 1.165) is 6.21 Å². The predicted octanol–water partition coefficient (Wildman–Crippen LogP) is 1.83. The molecule has 0 aromatic carbocycles. The molecule has 0 aliphatic carbocycles. The minimum absolute atomic E-state index is 0.968. The summed E-state index contributed by atoms with van der Waals surface area (Å²) in [6, 6.07) is 0. The quantitative estimate of drug-likeness (QED) is 0.409. The van der Waals surface area contributed by atoms with Gasteiger partial charge in [-0.25, -0.2) is 0 Å². The predicted molar refractivity (Wildman–Crippen MR) is 28.9 cm³/mol. The van der Waals surface area contributed by atoms with Gasteiger partial charge in [0.25, 0.3) is 0 Å². The fourth-order valence-corrected chi connectivity index (χ4v) is 0. The summed E-state index contributed by atoms with van der Waals surface area (Å²) in [5.74, 6) is 0. The minimum Gasteiger partial charge on any atom is -0.310 e. The first-order chi connectivity index (χ1) is 2.56. The second-order valence-electron chi connectivity index (χ2n) is 1.10. The Balaban J connectivity index is 3.45. The van der Waals surface area contributed by atoms with Gasteiger partial charge in [-0.2, -0.15) is 0 Å². The van der Waals surface area contributed by atoms with Crippen LogP contribution in [0.25, 0.3) is 0 Å². The lowest BCUT2D eigenvalue weighted by molar-refractivity contribution is 1.20. The molecule has 3 heteroatoms. The molecule has 0 heterocycles. The fourth-order valence-electron chi connectivity index (χ4n) is 0. The van der Waals surface area contributed by atoms with Crippen LogP contribution in [-0.4, -0.2) is 10.5 Å². The molecule has 36 valence electrons. The van der Waals surface area contributed by atoms with E-state index in [1.165, 1.54) is 6.92 Å². The Bertz CT molecular complexity index is 54.3. The molecule has 0 saturated carbocycles. The normalized spacial score (nSPS) is 11.2. The van der Waals surface area contributed by atoms with Crippen LogP contribution in [0, 0.1) is 5.41 Å². The standard InChI is InChI=1S/C3H5Cl2N/c1-3(4,5)2-6/h2,6H,1H3. The first-order valence-electron chi connectivity index (χ1n) is 1.46. The van der Waals surface area contributed by atoms with Gasteiger partial charge in [-0.3, -0.25) is 0 Å². The summed E-state index contributed by atoms with van der Waals surface area (Å²) in [5, 5.41) is 6.47. The van der Waals surface area contributed by atoms with Gasteiger partial charge in [0.15, 0.2) is 0 Å². The van der Waals surface area contributed by atoms with Crippen molar-refractivity contribution in [2.75, 3.05) is 0 Å². The van der Waals surface area contributed by atoms with E-state index in [2.05, 4.69) is 0 Å². The van der Waals surface area contributed by atoms with Gasteiger partial charge >= 0.3 is 0 Å². The lowest BCUT2D eigenvalue weighted by Crippen LogP contribution is -2.04. The van der Waals surface area contributed by atoms with Gasteiger partial charge in [0.1, 0.15) is 4.33 Å². The van der Waals surface area contributed by atoms with E-state index in [0.29, 0.717) is 0 Å². The molecule has 0 amide bonds. The second-order valence-corrected chi connectivity index (χ2v) is 2.86. The Morgan fingerprint density at radius 1 is 1.67 bits per heavy atom. The maximum atomic E-state index is 6.47. The van der Waals surface area contributed by atoms with Gasteiger partial charge < -0.3 is 5.41 Å². The highest BCUT2D eigenvalue weighted by atomic mass is 35.5. The number of alkyl halides is 2. The van der Waals surface area contributed by atoms with Crippen molar-refractivity contribution in [2.45, 2.75) is 11.3 Å². The number of halogens is 2. The second kappa shape index (κ2) is 1.80. The molecule has 0 fully saturated rings. The van der Waals surface area contributed by atoms with Crippen LogP contribution >= 0.6 is 23.2 Å². The number of hydrogen-bond acceptors (Lipinski definition) is 1. The average Bonchev–Trinajstić information content (AvgIpc) is 1.35. The van der Waals surface area contributed by atoms with Crippen molar-refractivity contribution in [2.24, 2.45) is 0 Å². The Labute approximate surface area is 46.8 Å². The van der Waals surface area contributed by atoms with E-state index >= 15 is 0 Å².